The van der Waals surface area contributed by atoms with Crippen LogP contribution in [0.2, 0.25) is 0 Å². The Morgan fingerprint density at radius 2 is 1.47 bits per heavy atom. The van der Waals surface area contributed by atoms with E-state index >= 15 is 0 Å². The van der Waals surface area contributed by atoms with Gasteiger partial charge in [-0.1, -0.05) is 93.5 Å². The van der Waals surface area contributed by atoms with Crippen LogP contribution in [0.4, 0.5) is 4.79 Å². The topological polar surface area (TPSA) is 228 Å². The van der Waals surface area contributed by atoms with E-state index in [0.717, 1.165) is 11.1 Å². The van der Waals surface area contributed by atoms with Crippen LogP contribution in [-0.4, -0.2) is 172 Å². The minimum Gasteiger partial charge on any atom is -0.459 e. The van der Waals surface area contributed by atoms with Crippen LogP contribution in [0, 0.1) is 23.7 Å². The van der Waals surface area contributed by atoms with Crippen molar-refractivity contribution in [3.05, 3.63) is 71.8 Å². The van der Waals surface area contributed by atoms with Gasteiger partial charge in [-0.15, -0.1) is 0 Å². The quantitative estimate of drug-likeness (QED) is 0.0852. The third-order valence-electron chi connectivity index (χ3n) is 15.2. The number of amides is 1. The Kier molecular flexibility index (Phi) is 21.0. The van der Waals surface area contributed by atoms with Gasteiger partial charge in [-0.25, -0.2) is 4.79 Å². The standard InChI is InChI=1S/C54H85N3O15/c1-14-41-54(10,64)46(59)34(4)43(55-67-26-25-57(30-38-21-17-15-18-22-38)51(62)66-31-39-23-19-16-20-24-39)32(2)28-52(8,63)48(72-50-44(58)40(56(11)12)27-33(3)68-50)35(5)45(36(6)49(61)70-41)71-42-29-53(9,65-13)47(60)37(7)69-42/h15-24,32-37,40-42,44-48,50,58-60,63-64H,14,25-31H2,1-13H3/b55-43+/t32-,33-,34+,35+,36-,37+,40?,41-,42+,44-,45+,46-,47+,48-,50+,52?,53-,54-/m1/s1. The molecule has 18 heteroatoms. The van der Waals surface area contributed by atoms with Crippen LogP contribution >= 0.6 is 0 Å². The summed E-state index contributed by atoms with van der Waals surface area (Å²) in [5.74, 6) is -4.41. The number of ether oxygens (including phenoxy) is 7. The molecule has 0 aliphatic carbocycles. The molecule has 406 valence electrons. The molecule has 0 bridgehead atoms. The third-order valence-corrected chi connectivity index (χ3v) is 15.2. The van der Waals surface area contributed by atoms with Gasteiger partial charge in [0.15, 0.2) is 12.6 Å². The summed E-state index contributed by atoms with van der Waals surface area (Å²) in [4.78, 5) is 37.6. The first-order valence-electron chi connectivity index (χ1n) is 25.6. The van der Waals surface area contributed by atoms with Crippen molar-refractivity contribution >= 4 is 17.8 Å². The van der Waals surface area contributed by atoms with Gasteiger partial charge in [0.05, 0.1) is 59.9 Å². The molecule has 5 rings (SSSR count). The third kappa shape index (κ3) is 14.5. The second-order valence-corrected chi connectivity index (χ2v) is 21.4. The Hall–Kier alpha value is -3.79. The van der Waals surface area contributed by atoms with E-state index < -0.39 is 108 Å². The highest BCUT2D eigenvalue weighted by atomic mass is 16.7. The molecule has 3 aliphatic rings. The molecule has 72 heavy (non-hydrogen) atoms. The van der Waals surface area contributed by atoms with Crippen LogP contribution in [0.5, 0.6) is 0 Å². The first-order chi connectivity index (χ1) is 33.8. The number of rotatable bonds is 15. The summed E-state index contributed by atoms with van der Waals surface area (Å²) < 4.78 is 43.8. The molecule has 2 aromatic rings. The average molecular weight is 1020 g/mol. The lowest BCUT2D eigenvalue weighted by molar-refractivity contribution is -0.317. The number of oxime groups is 1. The van der Waals surface area contributed by atoms with Gasteiger partial charge in [0.2, 0.25) is 0 Å². The molecule has 2 aromatic carbocycles. The Bertz CT molecular complexity index is 2030. The average Bonchev–Trinajstić information content (AvgIpc) is 3.34. The largest absolute Gasteiger partial charge is 0.459 e. The Balaban J connectivity index is 1.55. The maximum atomic E-state index is 14.6. The highest BCUT2D eigenvalue weighted by Gasteiger charge is 2.53. The predicted octanol–water partition coefficient (Wildman–Crippen LogP) is 5.43. The maximum absolute atomic E-state index is 14.6. The summed E-state index contributed by atoms with van der Waals surface area (Å²) in [5.41, 5.74) is -3.01. The van der Waals surface area contributed by atoms with Gasteiger partial charge < -0.3 is 73.3 Å². The fourth-order valence-electron chi connectivity index (χ4n) is 10.7. The predicted molar refractivity (Wildman–Crippen MR) is 268 cm³/mol. The molecule has 3 heterocycles. The number of benzene rings is 2. The lowest BCUT2D eigenvalue weighted by Crippen LogP contribution is -2.61. The maximum Gasteiger partial charge on any atom is 0.410 e. The van der Waals surface area contributed by atoms with E-state index in [9.17, 15) is 35.1 Å². The van der Waals surface area contributed by atoms with Gasteiger partial charge in [0, 0.05) is 43.9 Å². The number of aliphatic hydroxyl groups is 5. The number of nitrogens with zero attached hydrogens (tertiary/aromatic N) is 3. The zero-order valence-corrected chi connectivity index (χ0v) is 44.8. The van der Waals surface area contributed by atoms with Gasteiger partial charge in [0.1, 0.15) is 37.1 Å². The van der Waals surface area contributed by atoms with Gasteiger partial charge >= 0.3 is 12.1 Å². The number of hydrogen-bond donors (Lipinski definition) is 5. The van der Waals surface area contributed by atoms with Crippen LogP contribution in [0.25, 0.3) is 0 Å². The molecule has 0 aromatic heterocycles. The van der Waals surface area contributed by atoms with Crippen molar-refractivity contribution in [3.63, 3.8) is 0 Å². The van der Waals surface area contributed by atoms with E-state index in [1.165, 1.54) is 18.9 Å². The summed E-state index contributed by atoms with van der Waals surface area (Å²) in [6.45, 7) is 17.1. The van der Waals surface area contributed by atoms with Crippen molar-refractivity contribution in [2.24, 2.45) is 28.8 Å². The number of carbonyl (C=O) groups excluding carboxylic acids is 2. The number of cyclic esters (lactones) is 1. The SMILES string of the molecule is CC[C@H]1OC(=O)[C@H](C)[C@@H](O[C@H]2C[C@@](C)(OC)[C@@H](O)[C@H](C)O2)[C@H](C)[C@@H](O[C@@H]2O[C@H](C)CC(N(C)C)[C@H]2O)C(C)(O)C[C@@H](C)/C(=N\OCCN(Cc2ccccc2)C(=O)OCc2ccccc2)[C@H](C)[C@@H](O)[C@]1(C)O. The van der Waals surface area contributed by atoms with Crippen LogP contribution in [0.1, 0.15) is 106 Å². The Labute approximate surface area is 426 Å². The molecule has 2 unspecified atom stereocenters. The zero-order chi connectivity index (χ0) is 53.3. The number of hydrogen-bond acceptors (Lipinski definition) is 17. The van der Waals surface area contributed by atoms with Crippen LogP contribution < -0.4 is 0 Å². The number of esters is 1. The summed E-state index contributed by atoms with van der Waals surface area (Å²) in [6, 6.07) is 18.4. The molecule has 18 nitrogen and oxygen atoms in total. The molecule has 0 radical (unpaired) electrons. The number of aliphatic hydroxyl groups excluding tert-OH is 3. The van der Waals surface area contributed by atoms with Gasteiger partial charge in [-0.3, -0.25) is 4.79 Å². The van der Waals surface area contributed by atoms with Crippen molar-refractivity contribution < 1.29 is 73.1 Å². The zero-order valence-electron chi connectivity index (χ0n) is 44.8. The Morgan fingerprint density at radius 3 is 2.07 bits per heavy atom. The van der Waals surface area contributed by atoms with Crippen molar-refractivity contribution in [2.75, 3.05) is 34.4 Å². The first kappa shape index (κ1) is 59.1. The molecule has 3 saturated heterocycles. The minimum absolute atomic E-state index is 0.0585. The molecule has 3 fully saturated rings. The number of likely N-dealkylation sites (N-methyl/N-ethyl adjacent to an activating group) is 1. The lowest BCUT2D eigenvalue weighted by Gasteiger charge is -2.49. The van der Waals surface area contributed by atoms with Crippen molar-refractivity contribution in [1.29, 1.82) is 0 Å². The van der Waals surface area contributed by atoms with E-state index in [4.69, 9.17) is 38.0 Å². The van der Waals surface area contributed by atoms with E-state index in [1.54, 1.807) is 48.5 Å². The number of carbonyl (C=O) groups is 2. The summed E-state index contributed by atoms with van der Waals surface area (Å²) in [7, 11) is 5.20. The van der Waals surface area contributed by atoms with Crippen molar-refractivity contribution in [2.45, 2.75) is 192 Å². The van der Waals surface area contributed by atoms with Crippen LogP contribution in [-0.2, 0) is 55.9 Å². The highest BCUT2D eigenvalue weighted by Crippen LogP contribution is 2.41. The van der Waals surface area contributed by atoms with Crippen LogP contribution in [0.15, 0.2) is 65.8 Å². The monoisotopic (exact) mass is 1020 g/mol. The summed E-state index contributed by atoms with van der Waals surface area (Å²) in [5, 5.41) is 65.0. The van der Waals surface area contributed by atoms with E-state index in [1.807, 2.05) is 93.5 Å². The fraction of sp³-hybridized carbons (Fsp3) is 0.722. The summed E-state index contributed by atoms with van der Waals surface area (Å²) in [6.07, 6.45) is -10.6. The van der Waals surface area contributed by atoms with E-state index in [0.29, 0.717) is 6.42 Å². The summed E-state index contributed by atoms with van der Waals surface area (Å²) >= 11 is 0. The number of methoxy groups -OCH3 is 1. The van der Waals surface area contributed by atoms with E-state index in [-0.39, 0.29) is 63.4 Å². The normalized spacial score (nSPS) is 39.0. The second-order valence-electron chi connectivity index (χ2n) is 21.4. The van der Waals surface area contributed by atoms with E-state index in [2.05, 4.69) is 5.16 Å². The molecule has 1 amide bonds. The second kappa shape index (κ2) is 25.6. The van der Waals surface area contributed by atoms with Gasteiger partial charge in [-0.2, -0.15) is 0 Å². The Morgan fingerprint density at radius 1 is 0.847 bits per heavy atom. The van der Waals surface area contributed by atoms with Crippen molar-refractivity contribution in [3.8, 4) is 0 Å². The smallest absolute Gasteiger partial charge is 0.410 e. The minimum atomic E-state index is -2.04. The molecule has 3 aliphatic heterocycles. The molecule has 5 N–H and O–H groups in total. The van der Waals surface area contributed by atoms with Gasteiger partial charge in [-0.05, 0) is 86.0 Å². The molecule has 0 spiro atoms. The lowest BCUT2D eigenvalue weighted by atomic mass is 9.73. The molecule has 18 atom stereocenters. The highest BCUT2D eigenvalue weighted by molar-refractivity contribution is 5.88. The molecular formula is C54H85N3O15. The fourth-order valence-corrected chi connectivity index (χ4v) is 10.7. The van der Waals surface area contributed by atoms with Crippen molar-refractivity contribution in [1.82, 2.24) is 9.80 Å². The molecule has 0 saturated carbocycles. The molecular weight excluding hydrogens is 931 g/mol. The first-order valence-corrected chi connectivity index (χ1v) is 25.6. The van der Waals surface area contributed by atoms with Gasteiger partial charge in [0.25, 0.3) is 0 Å². The van der Waals surface area contributed by atoms with Crippen LogP contribution in [0.3, 0.4) is 0 Å².